The lowest BCUT2D eigenvalue weighted by Gasteiger charge is -2.03. The molecule has 0 spiro atoms. The van der Waals surface area contributed by atoms with Gasteiger partial charge in [0.2, 0.25) is 5.91 Å². The highest BCUT2D eigenvalue weighted by atomic mass is 35.5. The van der Waals surface area contributed by atoms with Crippen LogP contribution < -0.4 is 9.88 Å². The fraction of sp³-hybridized carbons (Fsp3) is 0.158. The summed E-state index contributed by atoms with van der Waals surface area (Å²) in [6, 6.07) is 11.4. The first-order valence-corrected chi connectivity index (χ1v) is 8.68. The van der Waals surface area contributed by atoms with Crippen LogP contribution in [0.2, 0.25) is 10.0 Å². The van der Waals surface area contributed by atoms with Crippen molar-refractivity contribution < 1.29 is 9.36 Å². The summed E-state index contributed by atoms with van der Waals surface area (Å²) in [5.41, 5.74) is 3.73. The van der Waals surface area contributed by atoms with Crippen LogP contribution >= 0.6 is 23.2 Å². The number of nitrogens with zero attached hydrogens (tertiary/aromatic N) is 1. The summed E-state index contributed by atoms with van der Waals surface area (Å²) in [7, 11) is 1.96. The largest absolute Gasteiger partial charge is 0.326 e. The summed E-state index contributed by atoms with van der Waals surface area (Å²) in [5, 5.41) is 3.89. The molecule has 1 heterocycles. The van der Waals surface area contributed by atoms with E-state index in [-0.39, 0.29) is 5.91 Å². The molecule has 0 bridgehead atoms. The van der Waals surface area contributed by atoms with Gasteiger partial charge in [-0.15, -0.1) is 0 Å². The van der Waals surface area contributed by atoms with Gasteiger partial charge in [-0.2, -0.15) is 0 Å². The summed E-state index contributed by atoms with van der Waals surface area (Å²) in [5.74, 6) is 0.933. The van der Waals surface area contributed by atoms with Gasteiger partial charge in [-0.05, 0) is 23.8 Å². The van der Waals surface area contributed by atoms with Crippen LogP contribution in [0.4, 0.5) is 5.69 Å². The molecule has 1 amide bonds. The van der Waals surface area contributed by atoms with Crippen LogP contribution in [0.15, 0.2) is 36.4 Å². The molecule has 2 N–H and O–H groups in total. The molecule has 1 aromatic heterocycles. The lowest BCUT2D eigenvalue weighted by atomic mass is 10.2. The molecule has 0 aliphatic rings. The maximum Gasteiger partial charge on any atom is 0.279 e. The third-order valence-electron chi connectivity index (χ3n) is 3.97. The number of H-pyrrole nitrogens is 1. The molecule has 3 rings (SSSR count). The smallest absolute Gasteiger partial charge is 0.279 e. The zero-order chi connectivity index (χ0) is 18.0. The lowest BCUT2D eigenvalue weighted by molar-refractivity contribution is -0.646. The predicted octanol–water partition coefficient (Wildman–Crippen LogP) is 4.82. The first kappa shape index (κ1) is 17.5. The number of aromatic amines is 1. The molecule has 0 atom stereocenters. The number of fused-ring (bicyclic) bond motifs is 1. The van der Waals surface area contributed by atoms with Gasteiger partial charge < -0.3 is 5.32 Å². The highest BCUT2D eigenvalue weighted by Gasteiger charge is 2.15. The van der Waals surface area contributed by atoms with E-state index in [2.05, 4.69) is 10.3 Å². The van der Waals surface area contributed by atoms with Crippen molar-refractivity contribution in [2.24, 2.45) is 7.05 Å². The van der Waals surface area contributed by atoms with Crippen LogP contribution in [0.1, 0.15) is 24.7 Å². The Balaban J connectivity index is 1.83. The van der Waals surface area contributed by atoms with Gasteiger partial charge in [0.25, 0.3) is 5.82 Å². The summed E-state index contributed by atoms with van der Waals surface area (Å²) in [6.45, 7) is 1.83. The van der Waals surface area contributed by atoms with Gasteiger partial charge in [-0.3, -0.25) is 4.79 Å². The second-order valence-electron chi connectivity index (χ2n) is 5.71. The number of anilines is 1. The fourth-order valence-corrected chi connectivity index (χ4v) is 2.84. The summed E-state index contributed by atoms with van der Waals surface area (Å²) in [4.78, 5) is 14.7. The molecule has 0 radical (unpaired) electrons. The number of nitrogens with one attached hydrogen (secondary N) is 2. The van der Waals surface area contributed by atoms with Gasteiger partial charge >= 0.3 is 0 Å². The van der Waals surface area contributed by atoms with Crippen molar-refractivity contribution in [2.75, 3.05) is 5.32 Å². The van der Waals surface area contributed by atoms with E-state index in [4.69, 9.17) is 23.2 Å². The Bertz CT molecular complexity index is 959. The Labute approximate surface area is 156 Å². The molecular weight excluding hydrogens is 357 g/mol. The number of carbonyl (C=O) groups excluding carboxylic acids is 1. The SMILES string of the molecule is CCC(=O)Nc1ccc(C=Cc2[nH]c3cc(Cl)c(Cl)cc3[n+]2C)cc1. The number of imidazole rings is 1. The summed E-state index contributed by atoms with van der Waals surface area (Å²) < 4.78 is 2.02. The molecule has 0 fully saturated rings. The van der Waals surface area contributed by atoms with Crippen LogP contribution in [-0.4, -0.2) is 10.9 Å². The minimum absolute atomic E-state index is 0.00529. The van der Waals surface area contributed by atoms with Crippen molar-refractivity contribution >= 4 is 58.0 Å². The Hall–Kier alpha value is -2.30. The number of rotatable bonds is 4. The number of aryl methyl sites for hydroxylation is 1. The molecule has 0 unspecified atom stereocenters. The average Bonchev–Trinajstić information content (AvgIpc) is 2.90. The molecule has 2 aromatic carbocycles. The number of carbonyl (C=O) groups is 1. The van der Waals surface area contributed by atoms with E-state index in [9.17, 15) is 4.79 Å². The average molecular weight is 375 g/mol. The number of hydrogen-bond donors (Lipinski definition) is 2. The van der Waals surface area contributed by atoms with E-state index in [1.165, 1.54) is 0 Å². The van der Waals surface area contributed by atoms with Crippen molar-refractivity contribution in [3.8, 4) is 0 Å². The maximum atomic E-state index is 11.4. The minimum atomic E-state index is 0.00529. The maximum absolute atomic E-state index is 11.4. The Morgan fingerprint density at radius 2 is 1.84 bits per heavy atom. The number of aromatic nitrogens is 2. The van der Waals surface area contributed by atoms with Gasteiger partial charge in [-0.25, -0.2) is 9.55 Å². The minimum Gasteiger partial charge on any atom is -0.326 e. The molecule has 0 aliphatic heterocycles. The van der Waals surface area contributed by atoms with Crippen molar-refractivity contribution in [2.45, 2.75) is 13.3 Å². The van der Waals surface area contributed by atoms with Crippen LogP contribution in [0.25, 0.3) is 23.2 Å². The van der Waals surface area contributed by atoms with Gasteiger partial charge in [-0.1, -0.05) is 42.3 Å². The Kier molecular flexibility index (Phi) is 5.11. The zero-order valence-corrected chi connectivity index (χ0v) is 15.4. The molecule has 4 nitrogen and oxygen atoms in total. The first-order chi connectivity index (χ1) is 12.0. The van der Waals surface area contributed by atoms with E-state index < -0.39 is 0 Å². The lowest BCUT2D eigenvalue weighted by Crippen LogP contribution is -2.29. The number of benzene rings is 2. The van der Waals surface area contributed by atoms with E-state index in [1.54, 1.807) is 0 Å². The second kappa shape index (κ2) is 7.30. The third kappa shape index (κ3) is 3.86. The molecule has 3 aromatic rings. The van der Waals surface area contributed by atoms with Gasteiger partial charge in [0.15, 0.2) is 11.0 Å². The van der Waals surface area contributed by atoms with Crippen molar-refractivity contribution in [1.29, 1.82) is 0 Å². The van der Waals surface area contributed by atoms with Crippen LogP contribution in [0, 0.1) is 0 Å². The Morgan fingerprint density at radius 3 is 2.52 bits per heavy atom. The Morgan fingerprint density at radius 1 is 1.16 bits per heavy atom. The van der Waals surface area contributed by atoms with E-state index in [0.29, 0.717) is 16.5 Å². The highest BCUT2D eigenvalue weighted by molar-refractivity contribution is 6.42. The number of halogens is 2. The normalized spacial score (nSPS) is 11.4. The highest BCUT2D eigenvalue weighted by Crippen LogP contribution is 2.26. The number of amides is 1. The topological polar surface area (TPSA) is 48.8 Å². The van der Waals surface area contributed by atoms with E-state index >= 15 is 0 Å². The number of hydrogen-bond acceptors (Lipinski definition) is 1. The predicted molar refractivity (Wildman–Crippen MR) is 104 cm³/mol. The van der Waals surface area contributed by atoms with Crippen LogP contribution in [-0.2, 0) is 11.8 Å². The van der Waals surface area contributed by atoms with Gasteiger partial charge in [0.1, 0.15) is 0 Å². The molecule has 0 aliphatic carbocycles. The van der Waals surface area contributed by atoms with Crippen LogP contribution in [0.5, 0.6) is 0 Å². The second-order valence-corrected chi connectivity index (χ2v) is 6.52. The van der Waals surface area contributed by atoms with Crippen LogP contribution in [0.3, 0.4) is 0 Å². The molecule has 0 saturated carbocycles. The molecule has 0 saturated heterocycles. The first-order valence-electron chi connectivity index (χ1n) is 7.92. The molecule has 25 heavy (non-hydrogen) atoms. The van der Waals surface area contributed by atoms with E-state index in [1.807, 2.05) is 67.1 Å². The molecule has 6 heteroatoms. The zero-order valence-electron chi connectivity index (χ0n) is 13.9. The summed E-state index contributed by atoms with van der Waals surface area (Å²) >= 11 is 12.2. The fourth-order valence-electron chi connectivity index (χ4n) is 2.52. The van der Waals surface area contributed by atoms with E-state index in [0.717, 1.165) is 28.1 Å². The van der Waals surface area contributed by atoms with Crippen molar-refractivity contribution in [3.05, 3.63) is 57.8 Å². The van der Waals surface area contributed by atoms with Gasteiger partial charge in [0.05, 0.1) is 17.1 Å². The van der Waals surface area contributed by atoms with Crippen molar-refractivity contribution in [1.82, 2.24) is 4.98 Å². The summed E-state index contributed by atoms with van der Waals surface area (Å²) in [6.07, 6.45) is 4.45. The molecular formula is C19H18Cl2N3O+. The third-order valence-corrected chi connectivity index (χ3v) is 4.70. The van der Waals surface area contributed by atoms with Gasteiger partial charge in [0, 0.05) is 30.3 Å². The standard InChI is InChI=1S/C19H17Cl2N3O/c1-3-19(25)22-13-7-4-12(5-8-13)6-9-18-23-16-10-14(20)15(21)11-17(16)24(18)2/h4-11H,3H2,1-2H3,(H,22,23,25)/p+1. The van der Waals surface area contributed by atoms with Crippen molar-refractivity contribution in [3.63, 3.8) is 0 Å². The molecule has 128 valence electrons. The quantitative estimate of drug-likeness (QED) is 0.632. The monoisotopic (exact) mass is 374 g/mol.